The third kappa shape index (κ3) is 3.35. The van der Waals surface area contributed by atoms with Gasteiger partial charge in [0.05, 0.1) is 18.3 Å². The Morgan fingerprint density at radius 1 is 1.20 bits per heavy atom. The maximum atomic E-state index is 12.9. The van der Waals surface area contributed by atoms with E-state index in [4.69, 9.17) is 4.74 Å². The van der Waals surface area contributed by atoms with Crippen molar-refractivity contribution in [3.8, 4) is 5.75 Å². The van der Waals surface area contributed by atoms with Crippen molar-refractivity contribution < 1.29 is 9.53 Å². The van der Waals surface area contributed by atoms with E-state index < -0.39 is 0 Å². The average Bonchev–Trinajstić information content (AvgIpc) is 3.15. The zero-order chi connectivity index (χ0) is 17.2. The second-order valence-electron chi connectivity index (χ2n) is 6.67. The molecular weight excluding hydrogens is 334 g/mol. The molecule has 1 aromatic heterocycles. The molecule has 0 saturated carbocycles. The fourth-order valence-electron chi connectivity index (χ4n) is 3.75. The van der Waals surface area contributed by atoms with Gasteiger partial charge in [0.25, 0.3) is 0 Å². The van der Waals surface area contributed by atoms with Gasteiger partial charge in [0.1, 0.15) is 5.75 Å². The van der Waals surface area contributed by atoms with Crippen LogP contribution in [0.4, 0.5) is 5.69 Å². The maximum Gasteiger partial charge on any atom is 0.226 e. The number of carbonyl (C=O) groups excluding carboxylic acids is 1. The van der Waals surface area contributed by atoms with Crippen molar-refractivity contribution >= 4 is 22.9 Å². The number of methoxy groups -OCH3 is 1. The molecule has 1 amide bonds. The summed E-state index contributed by atoms with van der Waals surface area (Å²) in [5, 5.41) is 0. The predicted octanol–water partition coefficient (Wildman–Crippen LogP) is 2.61. The van der Waals surface area contributed by atoms with E-state index in [2.05, 4.69) is 26.9 Å². The minimum absolute atomic E-state index is 0.139. The van der Waals surface area contributed by atoms with Crippen LogP contribution in [0.15, 0.2) is 29.8 Å². The molecule has 5 nitrogen and oxygen atoms in total. The van der Waals surface area contributed by atoms with E-state index in [1.165, 1.54) is 16.3 Å². The van der Waals surface area contributed by atoms with Gasteiger partial charge in [-0.25, -0.2) is 4.98 Å². The van der Waals surface area contributed by atoms with Gasteiger partial charge >= 0.3 is 0 Å². The molecule has 1 fully saturated rings. The minimum Gasteiger partial charge on any atom is -0.497 e. The van der Waals surface area contributed by atoms with Gasteiger partial charge in [-0.15, -0.1) is 11.3 Å². The fraction of sp³-hybridized carbons (Fsp3) is 0.474. The normalized spacial score (nSPS) is 20.3. The summed E-state index contributed by atoms with van der Waals surface area (Å²) in [7, 11) is 1.68. The van der Waals surface area contributed by atoms with Crippen LogP contribution in [-0.2, 0) is 17.6 Å². The van der Waals surface area contributed by atoms with Gasteiger partial charge in [-0.1, -0.05) is 0 Å². The first kappa shape index (κ1) is 16.4. The molecule has 1 aromatic carbocycles. The first-order valence-electron chi connectivity index (χ1n) is 8.83. The number of ether oxygens (including phenoxy) is 1. The number of nitrogens with zero attached hydrogens (tertiary/aromatic N) is 3. The van der Waals surface area contributed by atoms with Crippen molar-refractivity contribution in [1.29, 1.82) is 0 Å². The number of benzene rings is 1. The molecule has 25 heavy (non-hydrogen) atoms. The molecule has 2 heterocycles. The second-order valence-corrected chi connectivity index (χ2v) is 7.61. The summed E-state index contributed by atoms with van der Waals surface area (Å²) in [5.74, 6) is 1.34. The summed E-state index contributed by atoms with van der Waals surface area (Å²) in [6.45, 7) is 3.38. The number of carbonyl (C=O) groups is 1. The highest BCUT2D eigenvalue weighted by atomic mass is 32.1. The summed E-state index contributed by atoms with van der Waals surface area (Å²) in [4.78, 5) is 23.0. The molecule has 0 radical (unpaired) electrons. The summed E-state index contributed by atoms with van der Waals surface area (Å²) < 4.78 is 5.22. The van der Waals surface area contributed by atoms with Gasteiger partial charge in [0.2, 0.25) is 5.91 Å². The number of anilines is 1. The van der Waals surface area contributed by atoms with Crippen LogP contribution in [0.25, 0.3) is 0 Å². The highest BCUT2D eigenvalue weighted by Gasteiger charge is 2.31. The molecule has 132 valence electrons. The Hall–Kier alpha value is -2.08. The van der Waals surface area contributed by atoms with E-state index in [9.17, 15) is 4.79 Å². The first-order valence-corrected chi connectivity index (χ1v) is 9.71. The molecule has 1 saturated heterocycles. The van der Waals surface area contributed by atoms with E-state index in [1.807, 2.05) is 17.6 Å². The van der Waals surface area contributed by atoms with E-state index >= 15 is 0 Å². The number of hydrogen-bond acceptors (Lipinski definition) is 5. The van der Waals surface area contributed by atoms with Crippen LogP contribution in [-0.4, -0.2) is 49.1 Å². The van der Waals surface area contributed by atoms with Gasteiger partial charge in [-0.3, -0.25) is 4.79 Å². The zero-order valence-electron chi connectivity index (χ0n) is 14.5. The van der Waals surface area contributed by atoms with Crippen molar-refractivity contribution in [3.05, 3.63) is 40.3 Å². The lowest BCUT2D eigenvalue weighted by Crippen LogP contribution is -2.51. The highest BCUT2D eigenvalue weighted by molar-refractivity contribution is 7.09. The van der Waals surface area contributed by atoms with E-state index in [1.54, 1.807) is 18.4 Å². The van der Waals surface area contributed by atoms with Gasteiger partial charge in [0.15, 0.2) is 0 Å². The minimum atomic E-state index is 0.139. The van der Waals surface area contributed by atoms with Crippen LogP contribution in [0.1, 0.15) is 17.0 Å². The van der Waals surface area contributed by atoms with Gasteiger partial charge < -0.3 is 14.5 Å². The molecule has 2 aliphatic rings. The van der Waals surface area contributed by atoms with Crippen LogP contribution < -0.4 is 9.64 Å². The number of piperazine rings is 1. The molecular formula is C19H23N3O2S. The third-order valence-electron chi connectivity index (χ3n) is 5.26. The van der Waals surface area contributed by atoms with Crippen LogP contribution >= 0.6 is 11.3 Å². The Balaban J connectivity index is 1.34. The molecule has 4 rings (SSSR count). The summed E-state index contributed by atoms with van der Waals surface area (Å²) in [6.07, 6.45) is 2.76. The average molecular weight is 357 g/mol. The number of amides is 1. The SMILES string of the molecule is COc1ccc(N2CCN(C(=O)C3CCc4ncsc4C3)CC2)cc1. The summed E-state index contributed by atoms with van der Waals surface area (Å²) in [5.41, 5.74) is 4.31. The van der Waals surface area contributed by atoms with Crippen molar-refractivity contribution in [3.63, 3.8) is 0 Å². The van der Waals surface area contributed by atoms with E-state index in [-0.39, 0.29) is 5.92 Å². The zero-order valence-corrected chi connectivity index (χ0v) is 15.3. The summed E-state index contributed by atoms with van der Waals surface area (Å²) >= 11 is 1.69. The van der Waals surface area contributed by atoms with Gasteiger partial charge in [-0.05, 0) is 43.5 Å². The fourth-order valence-corrected chi connectivity index (χ4v) is 4.64. The Morgan fingerprint density at radius 2 is 1.96 bits per heavy atom. The first-order chi connectivity index (χ1) is 12.2. The van der Waals surface area contributed by atoms with Crippen LogP contribution in [0.3, 0.4) is 0 Å². The molecule has 6 heteroatoms. The third-order valence-corrected chi connectivity index (χ3v) is 6.16. The second kappa shape index (κ2) is 7.04. The Bertz CT molecular complexity index is 735. The van der Waals surface area contributed by atoms with Gasteiger partial charge in [0, 0.05) is 42.7 Å². The van der Waals surface area contributed by atoms with E-state index in [0.717, 1.165) is 51.2 Å². The molecule has 1 atom stereocenters. The topological polar surface area (TPSA) is 45.7 Å². The Labute approximate surface area is 152 Å². The van der Waals surface area contributed by atoms with Crippen LogP contribution in [0.5, 0.6) is 5.75 Å². The number of aromatic nitrogens is 1. The van der Waals surface area contributed by atoms with Crippen LogP contribution in [0.2, 0.25) is 0 Å². The Kier molecular flexibility index (Phi) is 4.61. The number of fused-ring (bicyclic) bond motifs is 1. The standard InChI is InChI=1S/C19H23N3O2S/c1-24-16-5-3-15(4-6-16)21-8-10-22(11-9-21)19(23)14-2-7-17-18(12-14)25-13-20-17/h3-6,13-14H,2,7-12H2,1H3. The quantitative estimate of drug-likeness (QED) is 0.847. The van der Waals surface area contributed by atoms with Crippen LogP contribution in [0, 0.1) is 5.92 Å². The largest absolute Gasteiger partial charge is 0.497 e. The lowest BCUT2D eigenvalue weighted by Gasteiger charge is -2.38. The molecule has 0 spiro atoms. The highest BCUT2D eigenvalue weighted by Crippen LogP contribution is 2.29. The van der Waals surface area contributed by atoms with E-state index in [0.29, 0.717) is 5.91 Å². The predicted molar refractivity (Wildman–Crippen MR) is 99.4 cm³/mol. The van der Waals surface area contributed by atoms with Crippen molar-refractivity contribution in [2.24, 2.45) is 5.92 Å². The van der Waals surface area contributed by atoms with Crippen molar-refractivity contribution in [2.75, 3.05) is 38.2 Å². The number of hydrogen-bond donors (Lipinski definition) is 0. The maximum absolute atomic E-state index is 12.9. The smallest absolute Gasteiger partial charge is 0.226 e. The number of rotatable bonds is 3. The molecule has 1 aliphatic heterocycles. The monoisotopic (exact) mass is 357 g/mol. The molecule has 0 bridgehead atoms. The lowest BCUT2D eigenvalue weighted by molar-refractivity contribution is -0.136. The number of aryl methyl sites for hydroxylation is 1. The molecule has 1 unspecified atom stereocenters. The Morgan fingerprint density at radius 3 is 2.68 bits per heavy atom. The molecule has 0 N–H and O–H groups in total. The molecule has 2 aromatic rings. The van der Waals surface area contributed by atoms with Crippen molar-refractivity contribution in [2.45, 2.75) is 19.3 Å². The summed E-state index contributed by atoms with van der Waals surface area (Å²) in [6, 6.07) is 8.15. The number of thiazole rings is 1. The lowest BCUT2D eigenvalue weighted by atomic mass is 9.90. The van der Waals surface area contributed by atoms with Gasteiger partial charge in [-0.2, -0.15) is 0 Å². The van der Waals surface area contributed by atoms with Crippen molar-refractivity contribution in [1.82, 2.24) is 9.88 Å². The molecule has 1 aliphatic carbocycles.